The molecule has 0 bridgehead atoms. The van der Waals surface area contributed by atoms with E-state index in [9.17, 15) is 17.6 Å². The Kier molecular flexibility index (Phi) is 4.82. The van der Waals surface area contributed by atoms with Gasteiger partial charge in [0.2, 0.25) is 0 Å². The van der Waals surface area contributed by atoms with Gasteiger partial charge in [-0.25, -0.2) is 27.6 Å². The van der Waals surface area contributed by atoms with Crippen LogP contribution >= 0.6 is 27.5 Å². The molecule has 0 amide bonds. The summed E-state index contributed by atoms with van der Waals surface area (Å²) < 4.78 is 41.8. The number of aromatic nitrogens is 2. The Morgan fingerprint density at radius 2 is 2.00 bits per heavy atom. The first-order chi connectivity index (χ1) is 12.2. The predicted octanol–water partition coefficient (Wildman–Crippen LogP) is 3.68. The number of aromatic carboxylic acids is 1. The molecule has 2 N–H and O–H groups in total. The Hall–Kier alpha value is -2.30. The molecule has 0 atom stereocenters. The molecule has 134 valence electrons. The lowest BCUT2D eigenvalue weighted by molar-refractivity contribution is 0.0696. The van der Waals surface area contributed by atoms with Crippen LogP contribution in [0.4, 0.5) is 10.2 Å². The van der Waals surface area contributed by atoms with E-state index < -0.39 is 37.3 Å². The van der Waals surface area contributed by atoms with Crippen LogP contribution in [-0.2, 0) is 10.0 Å². The van der Waals surface area contributed by atoms with Crippen molar-refractivity contribution < 1.29 is 22.7 Å². The molecule has 0 spiro atoms. The molecular weight excluding hydrogens is 453 g/mol. The Morgan fingerprint density at radius 3 is 2.69 bits per heavy atom. The molecule has 0 aliphatic heterocycles. The topological polar surface area (TPSA) is 109 Å². The number of pyridine rings is 2. The van der Waals surface area contributed by atoms with E-state index in [-0.39, 0.29) is 11.5 Å². The number of carbonyl (C=O) groups is 1. The first-order valence-corrected chi connectivity index (χ1v) is 9.50. The highest BCUT2D eigenvalue weighted by atomic mass is 79.9. The predicted molar refractivity (Wildman–Crippen MR) is 96.4 cm³/mol. The maximum atomic E-state index is 14.1. The lowest BCUT2D eigenvalue weighted by atomic mass is 10.2. The van der Waals surface area contributed by atoms with Crippen molar-refractivity contribution in [3.63, 3.8) is 0 Å². The number of hydrogen-bond donors (Lipinski definition) is 2. The maximum absolute atomic E-state index is 14.1. The Bertz CT molecular complexity index is 1160. The minimum Gasteiger partial charge on any atom is -0.478 e. The highest BCUT2D eigenvalue weighted by molar-refractivity contribution is 9.10. The van der Waals surface area contributed by atoms with Gasteiger partial charge in [0.15, 0.2) is 5.65 Å². The summed E-state index contributed by atoms with van der Waals surface area (Å²) in [6.45, 7) is 0. The lowest BCUT2D eigenvalue weighted by Gasteiger charge is -2.10. The van der Waals surface area contributed by atoms with Gasteiger partial charge >= 0.3 is 5.97 Å². The number of carboxylic acids is 1. The second-order valence-electron chi connectivity index (χ2n) is 5.07. The molecule has 7 nitrogen and oxygen atoms in total. The van der Waals surface area contributed by atoms with Crippen molar-refractivity contribution in [3.8, 4) is 0 Å². The molecular formula is C15H8BrClFN3O4S. The van der Waals surface area contributed by atoms with Gasteiger partial charge in [-0.1, -0.05) is 11.6 Å². The molecule has 0 aliphatic carbocycles. The van der Waals surface area contributed by atoms with E-state index in [0.717, 1.165) is 4.47 Å². The fraction of sp³-hybridized carbons (Fsp3) is 0. The summed E-state index contributed by atoms with van der Waals surface area (Å²) in [7, 11) is -4.44. The van der Waals surface area contributed by atoms with Gasteiger partial charge < -0.3 is 5.11 Å². The monoisotopic (exact) mass is 459 g/mol. The molecule has 3 aromatic rings. The summed E-state index contributed by atoms with van der Waals surface area (Å²) >= 11 is 8.88. The number of halogens is 3. The number of nitrogens with zero attached hydrogens (tertiary/aromatic N) is 2. The zero-order valence-corrected chi connectivity index (χ0v) is 15.7. The normalized spacial score (nSPS) is 11.5. The van der Waals surface area contributed by atoms with Gasteiger partial charge in [0.05, 0.1) is 10.6 Å². The molecule has 0 saturated heterocycles. The van der Waals surface area contributed by atoms with Crippen molar-refractivity contribution in [1.29, 1.82) is 0 Å². The van der Waals surface area contributed by atoms with Crippen LogP contribution in [0.15, 0.2) is 45.9 Å². The molecule has 1 aromatic carbocycles. The summed E-state index contributed by atoms with van der Waals surface area (Å²) in [5.74, 6) is -2.76. The van der Waals surface area contributed by atoms with Gasteiger partial charge in [-0.05, 0) is 46.3 Å². The highest BCUT2D eigenvalue weighted by Gasteiger charge is 2.24. The first kappa shape index (κ1) is 18.5. The maximum Gasteiger partial charge on any atom is 0.337 e. The molecule has 2 aromatic heterocycles. The summed E-state index contributed by atoms with van der Waals surface area (Å²) in [5, 5.41) is 9.28. The van der Waals surface area contributed by atoms with Gasteiger partial charge in [0, 0.05) is 16.1 Å². The first-order valence-electron chi connectivity index (χ1n) is 6.85. The van der Waals surface area contributed by atoms with E-state index in [1.165, 1.54) is 12.3 Å². The van der Waals surface area contributed by atoms with E-state index in [0.29, 0.717) is 17.5 Å². The van der Waals surface area contributed by atoms with Crippen molar-refractivity contribution in [2.45, 2.75) is 4.90 Å². The third-order valence-electron chi connectivity index (χ3n) is 3.29. The molecule has 11 heteroatoms. The highest BCUT2D eigenvalue weighted by Crippen LogP contribution is 2.26. The third kappa shape index (κ3) is 3.62. The summed E-state index contributed by atoms with van der Waals surface area (Å²) in [6.07, 6.45) is 1.49. The largest absolute Gasteiger partial charge is 0.478 e. The van der Waals surface area contributed by atoms with Gasteiger partial charge in [-0.15, -0.1) is 0 Å². The molecule has 2 heterocycles. The smallest absolute Gasteiger partial charge is 0.337 e. The van der Waals surface area contributed by atoms with Crippen LogP contribution in [0.1, 0.15) is 10.4 Å². The fourth-order valence-electron chi connectivity index (χ4n) is 2.13. The quantitative estimate of drug-likeness (QED) is 0.615. The number of nitrogens with one attached hydrogen (secondary N) is 1. The standard InChI is InChI=1S/C15H8BrClFN3O4S/c16-8-3-7-1-2-13(20-14(7)19-6-8)21-26(24,25)12-4-9(15(22)23)10(17)5-11(12)18/h1-6H,(H,22,23)(H,19,20,21). The van der Waals surface area contributed by atoms with E-state index in [1.54, 1.807) is 12.1 Å². The number of carboxylic acid groups (broad SMARTS) is 1. The minimum atomic E-state index is -4.44. The summed E-state index contributed by atoms with van der Waals surface area (Å²) in [4.78, 5) is 18.3. The number of benzene rings is 1. The summed E-state index contributed by atoms with van der Waals surface area (Å²) in [5.41, 5.74) is -0.261. The number of rotatable bonds is 4. The molecule has 0 saturated carbocycles. The van der Waals surface area contributed by atoms with Crippen LogP contribution in [0, 0.1) is 5.82 Å². The Balaban J connectivity index is 2.03. The zero-order chi connectivity index (χ0) is 19.1. The molecule has 0 radical (unpaired) electrons. The van der Waals surface area contributed by atoms with Gasteiger partial charge in [0.25, 0.3) is 10.0 Å². The third-order valence-corrected chi connectivity index (χ3v) is 5.41. The van der Waals surface area contributed by atoms with Gasteiger partial charge in [-0.3, -0.25) is 4.72 Å². The number of sulfonamides is 1. The van der Waals surface area contributed by atoms with Crippen molar-refractivity contribution in [2.24, 2.45) is 0 Å². The van der Waals surface area contributed by atoms with E-state index in [4.69, 9.17) is 16.7 Å². The van der Waals surface area contributed by atoms with Crippen LogP contribution in [0.2, 0.25) is 5.02 Å². The van der Waals surface area contributed by atoms with Crippen LogP contribution in [0.25, 0.3) is 11.0 Å². The second-order valence-corrected chi connectivity index (χ2v) is 8.04. The lowest BCUT2D eigenvalue weighted by Crippen LogP contribution is -2.16. The Morgan fingerprint density at radius 1 is 1.27 bits per heavy atom. The molecule has 0 unspecified atom stereocenters. The molecule has 26 heavy (non-hydrogen) atoms. The van der Waals surface area contributed by atoms with Crippen molar-refractivity contribution in [3.05, 3.63) is 57.4 Å². The molecule has 0 aliphatic rings. The zero-order valence-electron chi connectivity index (χ0n) is 12.6. The van der Waals surface area contributed by atoms with Crippen molar-refractivity contribution in [1.82, 2.24) is 9.97 Å². The van der Waals surface area contributed by atoms with Gasteiger partial charge in [-0.2, -0.15) is 0 Å². The molecule has 0 fully saturated rings. The van der Waals surface area contributed by atoms with E-state index in [1.807, 2.05) is 0 Å². The van der Waals surface area contributed by atoms with Gasteiger partial charge in [0.1, 0.15) is 16.5 Å². The SMILES string of the molecule is O=C(O)c1cc(S(=O)(=O)Nc2ccc3cc(Br)cnc3n2)c(F)cc1Cl. The Labute approximate surface area is 160 Å². The van der Waals surface area contributed by atoms with Crippen molar-refractivity contribution in [2.75, 3.05) is 4.72 Å². The average Bonchev–Trinajstić information content (AvgIpc) is 2.54. The number of hydrogen-bond acceptors (Lipinski definition) is 5. The summed E-state index contributed by atoms with van der Waals surface area (Å²) in [6, 6.07) is 5.98. The van der Waals surface area contributed by atoms with Crippen LogP contribution in [0.3, 0.4) is 0 Å². The average molecular weight is 461 g/mol. The number of fused-ring (bicyclic) bond motifs is 1. The van der Waals surface area contributed by atoms with Crippen LogP contribution in [-0.4, -0.2) is 29.5 Å². The van der Waals surface area contributed by atoms with E-state index >= 15 is 0 Å². The van der Waals surface area contributed by atoms with E-state index in [2.05, 4.69) is 30.6 Å². The van der Waals surface area contributed by atoms with Crippen molar-refractivity contribution >= 4 is 60.4 Å². The van der Waals surface area contributed by atoms with Crippen LogP contribution in [0.5, 0.6) is 0 Å². The number of anilines is 1. The van der Waals surface area contributed by atoms with Crippen LogP contribution < -0.4 is 4.72 Å². The fourth-order valence-corrected chi connectivity index (χ4v) is 3.80. The minimum absolute atomic E-state index is 0.0986. The second kappa shape index (κ2) is 6.78. The molecule has 3 rings (SSSR count).